The van der Waals surface area contributed by atoms with Crippen LogP contribution >= 0.6 is 0 Å². The molecule has 1 fully saturated rings. The molecule has 3 rings (SSSR count). The second-order valence-electron chi connectivity index (χ2n) is 8.21. The van der Waals surface area contributed by atoms with E-state index in [1.54, 1.807) is 17.0 Å². The average molecular weight is 408 g/mol. The summed E-state index contributed by atoms with van der Waals surface area (Å²) in [6.07, 6.45) is 0.501. The number of carbonyl (C=O) groups is 3. The molecule has 158 valence electrons. The molecule has 3 amide bonds. The summed E-state index contributed by atoms with van der Waals surface area (Å²) in [4.78, 5) is 38.8. The number of nitrogens with one attached hydrogen (secondary N) is 2. The van der Waals surface area contributed by atoms with Crippen molar-refractivity contribution in [1.82, 2.24) is 5.32 Å². The molecule has 0 saturated carbocycles. The van der Waals surface area contributed by atoms with E-state index in [4.69, 9.17) is 0 Å². The highest BCUT2D eigenvalue weighted by molar-refractivity contribution is 6.04. The van der Waals surface area contributed by atoms with Crippen molar-refractivity contribution in [3.63, 3.8) is 0 Å². The van der Waals surface area contributed by atoms with Gasteiger partial charge in [-0.3, -0.25) is 14.4 Å². The zero-order valence-corrected chi connectivity index (χ0v) is 18.0. The minimum atomic E-state index is -0.395. The van der Waals surface area contributed by atoms with E-state index in [2.05, 4.69) is 10.6 Å². The maximum absolute atomic E-state index is 12.7. The largest absolute Gasteiger partial charge is 0.354 e. The molecule has 6 heteroatoms. The first-order valence-corrected chi connectivity index (χ1v) is 10.3. The predicted molar refractivity (Wildman–Crippen MR) is 118 cm³/mol. The van der Waals surface area contributed by atoms with Crippen LogP contribution in [0.15, 0.2) is 42.5 Å². The first-order valence-electron chi connectivity index (χ1n) is 10.3. The molecule has 0 bridgehead atoms. The van der Waals surface area contributed by atoms with Gasteiger partial charge in [0.1, 0.15) is 0 Å². The molecule has 2 N–H and O–H groups in total. The summed E-state index contributed by atoms with van der Waals surface area (Å²) in [5.74, 6) is -0.622. The van der Waals surface area contributed by atoms with Crippen LogP contribution in [-0.2, 0) is 20.8 Å². The Labute approximate surface area is 177 Å². The van der Waals surface area contributed by atoms with Crippen molar-refractivity contribution in [2.24, 2.45) is 5.92 Å². The van der Waals surface area contributed by atoms with E-state index < -0.39 is 5.92 Å². The van der Waals surface area contributed by atoms with Crippen LogP contribution in [0.2, 0.25) is 0 Å². The molecule has 2 aromatic rings. The van der Waals surface area contributed by atoms with Crippen LogP contribution in [0.1, 0.15) is 37.0 Å². The number of aryl methyl sites for hydroxylation is 1. The third kappa shape index (κ3) is 5.06. The third-order valence-electron chi connectivity index (χ3n) is 5.40. The van der Waals surface area contributed by atoms with Gasteiger partial charge in [-0.05, 0) is 62.6 Å². The highest BCUT2D eigenvalue weighted by Gasteiger charge is 2.35. The fraction of sp³-hybridized carbons (Fsp3) is 0.375. The minimum absolute atomic E-state index is 0.0298. The molecule has 1 aliphatic rings. The molecule has 0 aliphatic carbocycles. The lowest BCUT2D eigenvalue weighted by Gasteiger charge is -2.20. The van der Waals surface area contributed by atoms with Gasteiger partial charge in [0.25, 0.3) is 0 Å². The Hall–Kier alpha value is -3.15. The van der Waals surface area contributed by atoms with E-state index in [1.807, 2.05) is 58.0 Å². The number of hydrogen-bond acceptors (Lipinski definition) is 3. The zero-order chi connectivity index (χ0) is 21.8. The molecular weight excluding hydrogens is 378 g/mol. The van der Waals surface area contributed by atoms with E-state index in [9.17, 15) is 14.4 Å². The smallest absolute Gasteiger partial charge is 0.229 e. The number of anilines is 2. The highest BCUT2D eigenvalue weighted by atomic mass is 16.2. The van der Waals surface area contributed by atoms with E-state index in [0.717, 1.165) is 22.4 Å². The summed E-state index contributed by atoms with van der Waals surface area (Å²) in [5, 5.41) is 5.76. The average Bonchev–Trinajstić information content (AvgIpc) is 3.06. The van der Waals surface area contributed by atoms with Gasteiger partial charge in [-0.1, -0.05) is 24.3 Å². The number of rotatable bonds is 6. The Kier molecular flexibility index (Phi) is 6.55. The van der Waals surface area contributed by atoms with Gasteiger partial charge >= 0.3 is 0 Å². The van der Waals surface area contributed by atoms with E-state index in [0.29, 0.717) is 18.7 Å². The first-order chi connectivity index (χ1) is 14.2. The lowest BCUT2D eigenvalue weighted by atomic mass is 10.1. The summed E-state index contributed by atoms with van der Waals surface area (Å²) in [7, 11) is 0. The van der Waals surface area contributed by atoms with E-state index in [1.165, 1.54) is 0 Å². The maximum Gasteiger partial charge on any atom is 0.229 e. The van der Waals surface area contributed by atoms with Gasteiger partial charge in [0, 0.05) is 30.4 Å². The molecule has 6 nitrogen and oxygen atoms in total. The predicted octanol–water partition coefficient (Wildman–Crippen LogP) is 3.36. The SMILES string of the molecule is Cc1cccc(N2CC(C(=O)Nc3ccc(CC(=O)NC(C)C)cc3)CC2=O)c1C. The molecule has 1 heterocycles. The lowest BCUT2D eigenvalue weighted by Crippen LogP contribution is -2.31. The van der Waals surface area contributed by atoms with Crippen LogP contribution < -0.4 is 15.5 Å². The molecule has 30 heavy (non-hydrogen) atoms. The van der Waals surface area contributed by atoms with Crippen molar-refractivity contribution >= 4 is 29.1 Å². The normalized spacial score (nSPS) is 16.1. The Morgan fingerprint density at radius 2 is 1.80 bits per heavy atom. The summed E-state index contributed by atoms with van der Waals surface area (Å²) in [6.45, 7) is 8.23. The van der Waals surface area contributed by atoms with E-state index in [-0.39, 0.29) is 30.2 Å². The maximum atomic E-state index is 12.7. The van der Waals surface area contributed by atoms with Crippen LogP contribution in [-0.4, -0.2) is 30.3 Å². The molecule has 1 saturated heterocycles. The van der Waals surface area contributed by atoms with Gasteiger partial charge < -0.3 is 15.5 Å². The van der Waals surface area contributed by atoms with Crippen molar-refractivity contribution < 1.29 is 14.4 Å². The summed E-state index contributed by atoms with van der Waals surface area (Å²) >= 11 is 0. The Morgan fingerprint density at radius 1 is 1.10 bits per heavy atom. The van der Waals surface area contributed by atoms with Crippen LogP contribution in [0, 0.1) is 19.8 Å². The number of amides is 3. The van der Waals surface area contributed by atoms with Crippen molar-refractivity contribution in [3.8, 4) is 0 Å². The number of hydrogen-bond donors (Lipinski definition) is 2. The highest BCUT2D eigenvalue weighted by Crippen LogP contribution is 2.30. The topological polar surface area (TPSA) is 78.5 Å². The molecule has 1 unspecified atom stereocenters. The van der Waals surface area contributed by atoms with Crippen LogP contribution in [0.3, 0.4) is 0 Å². The molecular formula is C24H29N3O3. The monoisotopic (exact) mass is 407 g/mol. The molecule has 2 aromatic carbocycles. The third-order valence-corrected chi connectivity index (χ3v) is 5.40. The molecule has 0 spiro atoms. The van der Waals surface area contributed by atoms with Crippen LogP contribution in [0.25, 0.3) is 0 Å². The lowest BCUT2D eigenvalue weighted by molar-refractivity contribution is -0.122. The Balaban J connectivity index is 1.60. The molecule has 0 radical (unpaired) electrons. The van der Waals surface area contributed by atoms with Crippen molar-refractivity contribution in [3.05, 3.63) is 59.2 Å². The standard InChI is InChI=1S/C24H29N3O3/c1-15(2)25-22(28)12-18-8-10-20(11-9-18)26-24(30)19-13-23(29)27(14-19)21-7-5-6-16(3)17(21)4/h5-11,15,19H,12-14H2,1-4H3,(H,25,28)(H,26,30). The Bertz CT molecular complexity index is 951. The number of carbonyl (C=O) groups excluding carboxylic acids is 3. The van der Waals surface area contributed by atoms with Gasteiger partial charge in [-0.2, -0.15) is 0 Å². The minimum Gasteiger partial charge on any atom is -0.354 e. The summed E-state index contributed by atoms with van der Waals surface area (Å²) in [5.41, 5.74) is 4.59. The van der Waals surface area contributed by atoms with Crippen molar-refractivity contribution in [2.75, 3.05) is 16.8 Å². The van der Waals surface area contributed by atoms with Gasteiger partial charge in [-0.15, -0.1) is 0 Å². The number of benzene rings is 2. The molecule has 0 aromatic heterocycles. The Morgan fingerprint density at radius 3 is 2.47 bits per heavy atom. The van der Waals surface area contributed by atoms with Gasteiger partial charge in [0.05, 0.1) is 12.3 Å². The summed E-state index contributed by atoms with van der Waals surface area (Å²) < 4.78 is 0. The first kappa shape index (κ1) is 21.6. The van der Waals surface area contributed by atoms with Crippen LogP contribution in [0.5, 0.6) is 0 Å². The molecule has 1 atom stereocenters. The zero-order valence-electron chi connectivity index (χ0n) is 18.0. The second-order valence-corrected chi connectivity index (χ2v) is 8.21. The number of nitrogens with zero attached hydrogens (tertiary/aromatic N) is 1. The van der Waals surface area contributed by atoms with Crippen LogP contribution in [0.4, 0.5) is 11.4 Å². The molecule has 1 aliphatic heterocycles. The van der Waals surface area contributed by atoms with Gasteiger partial charge in [0.2, 0.25) is 17.7 Å². The van der Waals surface area contributed by atoms with E-state index >= 15 is 0 Å². The fourth-order valence-corrected chi connectivity index (χ4v) is 3.65. The van der Waals surface area contributed by atoms with Gasteiger partial charge in [0.15, 0.2) is 0 Å². The summed E-state index contributed by atoms with van der Waals surface area (Å²) in [6, 6.07) is 13.2. The van der Waals surface area contributed by atoms with Gasteiger partial charge in [-0.25, -0.2) is 0 Å². The second kappa shape index (κ2) is 9.11. The van der Waals surface area contributed by atoms with Crippen molar-refractivity contribution in [2.45, 2.75) is 46.6 Å². The quantitative estimate of drug-likeness (QED) is 0.771. The fourth-order valence-electron chi connectivity index (χ4n) is 3.65. The van der Waals surface area contributed by atoms with Crippen molar-refractivity contribution in [1.29, 1.82) is 0 Å².